The van der Waals surface area contributed by atoms with Gasteiger partial charge >= 0.3 is 5.69 Å². The van der Waals surface area contributed by atoms with Crippen LogP contribution in [0.1, 0.15) is 22.6 Å². The summed E-state index contributed by atoms with van der Waals surface area (Å²) < 4.78 is 10.8. The highest BCUT2D eigenvalue weighted by molar-refractivity contribution is 5.81. The van der Waals surface area contributed by atoms with Crippen LogP contribution in [0.25, 0.3) is 5.70 Å². The Labute approximate surface area is 160 Å². The first-order valence-corrected chi connectivity index (χ1v) is 8.73. The molecule has 0 saturated carbocycles. The lowest BCUT2D eigenvalue weighted by Crippen LogP contribution is -2.31. The minimum absolute atomic E-state index is 0.373. The van der Waals surface area contributed by atoms with Gasteiger partial charge in [0.2, 0.25) is 0 Å². The van der Waals surface area contributed by atoms with Crippen molar-refractivity contribution in [2.75, 3.05) is 19.5 Å². The summed E-state index contributed by atoms with van der Waals surface area (Å²) in [6, 6.07) is 15.1. The molecule has 0 spiro atoms. The van der Waals surface area contributed by atoms with Gasteiger partial charge in [0.05, 0.1) is 19.8 Å². The molecule has 2 aromatic carbocycles. The van der Waals surface area contributed by atoms with Gasteiger partial charge in [-0.1, -0.05) is 36.4 Å². The number of fused-ring (bicyclic) bond motifs is 1. The van der Waals surface area contributed by atoms with Gasteiger partial charge in [-0.15, -0.1) is 0 Å². The van der Waals surface area contributed by atoms with Gasteiger partial charge in [0.25, 0.3) is 5.56 Å². The van der Waals surface area contributed by atoms with Gasteiger partial charge in [0.1, 0.15) is 17.3 Å². The Kier molecular flexibility index (Phi) is 4.49. The Hall–Kier alpha value is -3.74. The van der Waals surface area contributed by atoms with Crippen LogP contribution in [-0.4, -0.2) is 24.2 Å². The molecule has 0 bridgehead atoms. The van der Waals surface area contributed by atoms with Crippen LogP contribution in [0.3, 0.4) is 0 Å². The van der Waals surface area contributed by atoms with E-state index in [1.165, 1.54) is 0 Å². The fourth-order valence-corrected chi connectivity index (χ4v) is 3.42. The summed E-state index contributed by atoms with van der Waals surface area (Å²) in [6.07, 6.45) is 1.95. The van der Waals surface area contributed by atoms with Gasteiger partial charge in [0, 0.05) is 23.2 Å². The van der Waals surface area contributed by atoms with Crippen molar-refractivity contribution in [1.29, 1.82) is 0 Å². The average molecular weight is 377 g/mol. The maximum Gasteiger partial charge on any atom is 0.327 e. The molecule has 4 rings (SSSR count). The topological polar surface area (TPSA) is 96.2 Å². The van der Waals surface area contributed by atoms with E-state index in [-0.39, 0.29) is 0 Å². The van der Waals surface area contributed by atoms with Gasteiger partial charge < -0.3 is 14.8 Å². The van der Waals surface area contributed by atoms with Crippen LogP contribution < -0.4 is 26.0 Å². The van der Waals surface area contributed by atoms with E-state index in [2.05, 4.69) is 15.3 Å². The largest absolute Gasteiger partial charge is 0.497 e. The maximum atomic E-state index is 12.6. The summed E-state index contributed by atoms with van der Waals surface area (Å²) >= 11 is 0. The van der Waals surface area contributed by atoms with Crippen LogP contribution in [0.2, 0.25) is 0 Å². The van der Waals surface area contributed by atoms with E-state index < -0.39 is 17.2 Å². The Balaban J connectivity index is 1.95. The number of allylic oxidation sites excluding steroid dienone is 1. The van der Waals surface area contributed by atoms with Gasteiger partial charge in [-0.3, -0.25) is 14.8 Å². The van der Waals surface area contributed by atoms with Crippen LogP contribution in [-0.2, 0) is 0 Å². The normalized spacial score (nSPS) is 15.2. The van der Waals surface area contributed by atoms with E-state index in [9.17, 15) is 9.59 Å². The molecule has 3 N–H and O–H groups in total. The van der Waals surface area contributed by atoms with Gasteiger partial charge in [-0.2, -0.15) is 0 Å². The van der Waals surface area contributed by atoms with Crippen LogP contribution >= 0.6 is 0 Å². The summed E-state index contributed by atoms with van der Waals surface area (Å²) in [5.41, 5.74) is 1.92. The lowest BCUT2D eigenvalue weighted by atomic mass is 9.87. The molecule has 0 fully saturated rings. The maximum absolute atomic E-state index is 12.6. The van der Waals surface area contributed by atoms with Gasteiger partial charge in [-0.25, -0.2) is 4.79 Å². The molecule has 3 aromatic rings. The number of benzene rings is 2. The molecule has 142 valence electrons. The highest BCUT2D eigenvalue weighted by Crippen LogP contribution is 2.40. The van der Waals surface area contributed by atoms with E-state index in [0.29, 0.717) is 22.9 Å². The molecule has 28 heavy (non-hydrogen) atoms. The SMILES string of the molecule is COc1ccc(C2C=C(c3ccccc3)Nc3[nH]c(=O)[nH]c(=O)c32)c(OC)c1. The zero-order valence-corrected chi connectivity index (χ0v) is 15.4. The highest BCUT2D eigenvalue weighted by Gasteiger charge is 2.28. The number of anilines is 1. The lowest BCUT2D eigenvalue weighted by molar-refractivity contribution is 0.391. The van der Waals surface area contributed by atoms with Crippen molar-refractivity contribution in [2.24, 2.45) is 0 Å². The number of methoxy groups -OCH3 is 2. The minimum atomic E-state index is -0.564. The molecule has 0 radical (unpaired) electrons. The Morgan fingerprint density at radius 2 is 1.71 bits per heavy atom. The third-order valence-electron chi connectivity index (χ3n) is 4.74. The summed E-state index contributed by atoms with van der Waals surface area (Å²) in [5.74, 6) is 1.19. The summed E-state index contributed by atoms with van der Waals surface area (Å²) in [5, 5.41) is 3.17. The second-order valence-corrected chi connectivity index (χ2v) is 6.35. The van der Waals surface area contributed by atoms with E-state index in [4.69, 9.17) is 9.47 Å². The summed E-state index contributed by atoms with van der Waals surface area (Å²) in [7, 11) is 3.15. The second-order valence-electron chi connectivity index (χ2n) is 6.35. The molecule has 2 heterocycles. The van der Waals surface area contributed by atoms with E-state index >= 15 is 0 Å². The van der Waals surface area contributed by atoms with Crippen LogP contribution in [0.4, 0.5) is 5.82 Å². The number of nitrogens with one attached hydrogen (secondary N) is 3. The molecule has 0 amide bonds. The van der Waals surface area contributed by atoms with Crippen molar-refractivity contribution < 1.29 is 9.47 Å². The molecule has 0 aliphatic carbocycles. The standard InChI is InChI=1S/C21H19N3O4/c1-27-13-8-9-14(17(10-13)28-2)15-11-16(12-6-4-3-5-7-12)22-19-18(15)20(25)24-21(26)23-19/h3-11,15H,1-2H3,(H3,22,23,24,25,26). The number of H-pyrrole nitrogens is 2. The molecule has 1 unspecified atom stereocenters. The predicted octanol–water partition coefficient (Wildman–Crippen LogP) is 2.68. The number of rotatable bonds is 4. The van der Waals surface area contributed by atoms with Gasteiger partial charge in [0.15, 0.2) is 0 Å². The molecule has 1 aliphatic rings. The van der Waals surface area contributed by atoms with Crippen molar-refractivity contribution in [3.63, 3.8) is 0 Å². The first-order valence-electron chi connectivity index (χ1n) is 8.73. The van der Waals surface area contributed by atoms with Crippen molar-refractivity contribution in [2.45, 2.75) is 5.92 Å². The third-order valence-corrected chi connectivity index (χ3v) is 4.74. The summed E-state index contributed by atoms with van der Waals surface area (Å²) in [6.45, 7) is 0. The van der Waals surface area contributed by atoms with Crippen molar-refractivity contribution >= 4 is 11.5 Å². The fraction of sp³-hybridized carbons (Fsp3) is 0.143. The van der Waals surface area contributed by atoms with Crippen LogP contribution in [0.5, 0.6) is 11.5 Å². The van der Waals surface area contributed by atoms with Crippen LogP contribution in [0, 0.1) is 0 Å². The molecule has 7 nitrogen and oxygen atoms in total. The fourth-order valence-electron chi connectivity index (χ4n) is 3.42. The zero-order valence-electron chi connectivity index (χ0n) is 15.4. The first-order chi connectivity index (χ1) is 13.6. The smallest absolute Gasteiger partial charge is 0.327 e. The molecule has 1 atom stereocenters. The van der Waals surface area contributed by atoms with Crippen molar-refractivity contribution in [3.8, 4) is 11.5 Å². The Bertz CT molecular complexity index is 1160. The average Bonchev–Trinajstić information content (AvgIpc) is 2.72. The first kappa shape index (κ1) is 17.7. The molecule has 1 aromatic heterocycles. The Morgan fingerprint density at radius 3 is 2.43 bits per heavy atom. The lowest BCUT2D eigenvalue weighted by Gasteiger charge is -2.26. The predicted molar refractivity (Wildman–Crippen MR) is 107 cm³/mol. The molecular weight excluding hydrogens is 358 g/mol. The second kappa shape index (κ2) is 7.11. The number of hydrogen-bond acceptors (Lipinski definition) is 5. The number of hydrogen-bond donors (Lipinski definition) is 3. The monoisotopic (exact) mass is 377 g/mol. The highest BCUT2D eigenvalue weighted by atomic mass is 16.5. The Morgan fingerprint density at radius 1 is 0.929 bits per heavy atom. The minimum Gasteiger partial charge on any atom is -0.497 e. The number of aromatic nitrogens is 2. The van der Waals surface area contributed by atoms with Crippen molar-refractivity contribution in [1.82, 2.24) is 9.97 Å². The van der Waals surface area contributed by atoms with E-state index in [0.717, 1.165) is 16.8 Å². The van der Waals surface area contributed by atoms with E-state index in [1.54, 1.807) is 20.3 Å². The summed E-state index contributed by atoms with van der Waals surface area (Å²) in [4.78, 5) is 29.5. The third kappa shape index (κ3) is 3.07. The zero-order chi connectivity index (χ0) is 19.7. The molecule has 0 saturated heterocycles. The quantitative estimate of drug-likeness (QED) is 0.650. The van der Waals surface area contributed by atoms with E-state index in [1.807, 2.05) is 48.5 Å². The molecule has 1 aliphatic heterocycles. The number of aromatic amines is 2. The molecular formula is C21H19N3O4. The van der Waals surface area contributed by atoms with Crippen LogP contribution in [0.15, 0.2) is 64.2 Å². The number of ether oxygens (including phenoxy) is 2. The van der Waals surface area contributed by atoms with Crippen molar-refractivity contribution in [3.05, 3.63) is 92.1 Å². The van der Waals surface area contributed by atoms with Gasteiger partial charge in [-0.05, 0) is 17.7 Å². The molecule has 7 heteroatoms.